The summed E-state index contributed by atoms with van der Waals surface area (Å²) >= 11 is 0. The molecule has 1 N–H and O–H groups in total. The lowest BCUT2D eigenvalue weighted by molar-refractivity contribution is -0.128. The van der Waals surface area contributed by atoms with E-state index in [2.05, 4.69) is 14.8 Å². The Bertz CT molecular complexity index is 737. The van der Waals surface area contributed by atoms with Crippen LogP contribution in [0.1, 0.15) is 40.0 Å². The van der Waals surface area contributed by atoms with Crippen molar-refractivity contribution >= 4 is 29.4 Å². The van der Waals surface area contributed by atoms with Crippen molar-refractivity contribution in [3.05, 3.63) is 29.3 Å². The lowest BCUT2D eigenvalue weighted by Gasteiger charge is -2.15. The van der Waals surface area contributed by atoms with Crippen LogP contribution in [0.15, 0.2) is 18.2 Å². The summed E-state index contributed by atoms with van der Waals surface area (Å²) in [6, 6.07) is 4.45. The average molecular weight is 360 g/mol. The molecule has 0 bridgehead atoms. The molecule has 26 heavy (non-hydrogen) atoms. The van der Waals surface area contributed by atoms with Gasteiger partial charge in [0.1, 0.15) is 0 Å². The number of esters is 2. The summed E-state index contributed by atoms with van der Waals surface area (Å²) in [5.41, 5.74) is 0.510. The highest BCUT2D eigenvalue weighted by atomic mass is 16.5. The molecule has 8 nitrogen and oxygen atoms in total. The van der Waals surface area contributed by atoms with Gasteiger partial charge in [-0.2, -0.15) is 0 Å². The number of nitrogens with one attached hydrogen (secondary N) is 1. The standard InChI is InChI=1S/C18H20N2O6/c1-25-17(23)10-5-11(18(24)26-2)7-13(6-10)19-16(22)12-8-15(21)20(9-12)14-3-4-14/h5-7,12,14H,3-4,8-9H2,1-2H3,(H,19,22). The van der Waals surface area contributed by atoms with Crippen molar-refractivity contribution in [2.45, 2.75) is 25.3 Å². The van der Waals surface area contributed by atoms with Crippen LogP contribution in [0.4, 0.5) is 5.69 Å². The number of rotatable bonds is 5. The van der Waals surface area contributed by atoms with Crippen LogP contribution >= 0.6 is 0 Å². The number of carbonyl (C=O) groups excluding carboxylic acids is 4. The van der Waals surface area contributed by atoms with Gasteiger partial charge >= 0.3 is 11.9 Å². The van der Waals surface area contributed by atoms with E-state index in [1.165, 1.54) is 32.4 Å². The lowest BCUT2D eigenvalue weighted by Crippen LogP contribution is -2.30. The monoisotopic (exact) mass is 360 g/mol. The first-order valence-electron chi connectivity index (χ1n) is 8.35. The van der Waals surface area contributed by atoms with Gasteiger partial charge in [-0.05, 0) is 31.0 Å². The molecule has 138 valence electrons. The van der Waals surface area contributed by atoms with Gasteiger partial charge in [-0.15, -0.1) is 0 Å². The highest BCUT2D eigenvalue weighted by Crippen LogP contribution is 2.33. The number of nitrogens with zero attached hydrogens (tertiary/aromatic N) is 1. The summed E-state index contributed by atoms with van der Waals surface area (Å²) in [7, 11) is 2.45. The number of methoxy groups -OCH3 is 2. The highest BCUT2D eigenvalue weighted by molar-refractivity contribution is 6.01. The van der Waals surface area contributed by atoms with E-state index in [4.69, 9.17) is 0 Å². The number of benzene rings is 1. The fourth-order valence-corrected chi connectivity index (χ4v) is 3.06. The maximum Gasteiger partial charge on any atom is 0.337 e. The normalized spacial score (nSPS) is 19.2. The van der Waals surface area contributed by atoms with Gasteiger partial charge in [0.25, 0.3) is 0 Å². The number of likely N-dealkylation sites (tertiary alicyclic amines) is 1. The second kappa shape index (κ2) is 7.15. The lowest BCUT2D eigenvalue weighted by atomic mass is 10.1. The molecule has 2 aliphatic rings. The van der Waals surface area contributed by atoms with Crippen LogP contribution in [-0.2, 0) is 19.1 Å². The summed E-state index contributed by atoms with van der Waals surface area (Å²) in [6.07, 6.45) is 2.15. The van der Waals surface area contributed by atoms with Crippen LogP contribution in [0.5, 0.6) is 0 Å². The SMILES string of the molecule is COC(=O)c1cc(NC(=O)C2CC(=O)N(C3CC3)C2)cc(C(=O)OC)c1. The van der Waals surface area contributed by atoms with E-state index >= 15 is 0 Å². The van der Waals surface area contributed by atoms with Crippen molar-refractivity contribution in [3.63, 3.8) is 0 Å². The molecule has 1 unspecified atom stereocenters. The average Bonchev–Trinajstić information content (AvgIpc) is 3.41. The molecule has 1 aliphatic carbocycles. The molecular weight excluding hydrogens is 340 g/mol. The first-order valence-corrected chi connectivity index (χ1v) is 8.35. The molecule has 1 aromatic rings. The minimum atomic E-state index is -0.637. The Morgan fingerprint density at radius 2 is 1.62 bits per heavy atom. The minimum Gasteiger partial charge on any atom is -0.465 e. The molecule has 1 saturated heterocycles. The van der Waals surface area contributed by atoms with E-state index in [0.29, 0.717) is 6.54 Å². The van der Waals surface area contributed by atoms with Crippen molar-refractivity contribution in [1.29, 1.82) is 0 Å². The predicted octanol–water partition coefficient (Wildman–Crippen LogP) is 1.21. The maximum absolute atomic E-state index is 12.5. The first kappa shape index (κ1) is 17.9. The van der Waals surface area contributed by atoms with Gasteiger partial charge in [0.05, 0.1) is 31.3 Å². The Morgan fingerprint density at radius 1 is 1.04 bits per heavy atom. The molecule has 1 atom stereocenters. The Balaban J connectivity index is 1.77. The topological polar surface area (TPSA) is 102 Å². The Hall–Kier alpha value is -2.90. The molecule has 1 saturated carbocycles. The van der Waals surface area contributed by atoms with Crippen LogP contribution in [0.3, 0.4) is 0 Å². The van der Waals surface area contributed by atoms with Gasteiger partial charge in [-0.25, -0.2) is 9.59 Å². The zero-order valence-electron chi connectivity index (χ0n) is 14.6. The molecule has 1 aliphatic heterocycles. The minimum absolute atomic E-state index is 0.00814. The fraction of sp³-hybridized carbons (Fsp3) is 0.444. The molecule has 0 aromatic heterocycles. The molecule has 2 fully saturated rings. The van der Waals surface area contributed by atoms with Crippen LogP contribution in [0.2, 0.25) is 0 Å². The maximum atomic E-state index is 12.5. The summed E-state index contributed by atoms with van der Waals surface area (Å²) in [4.78, 5) is 49.9. The molecule has 1 heterocycles. The van der Waals surface area contributed by atoms with E-state index in [-0.39, 0.29) is 41.1 Å². The van der Waals surface area contributed by atoms with E-state index in [1.807, 2.05) is 0 Å². The molecule has 0 spiro atoms. The van der Waals surface area contributed by atoms with Gasteiger partial charge in [0.2, 0.25) is 11.8 Å². The Labute approximate surface area is 150 Å². The van der Waals surface area contributed by atoms with Crippen LogP contribution in [0, 0.1) is 5.92 Å². The van der Waals surface area contributed by atoms with E-state index < -0.39 is 17.9 Å². The molecule has 1 aromatic carbocycles. The van der Waals surface area contributed by atoms with Crippen molar-refractivity contribution in [3.8, 4) is 0 Å². The number of anilines is 1. The van der Waals surface area contributed by atoms with Crippen LogP contribution in [0.25, 0.3) is 0 Å². The zero-order valence-corrected chi connectivity index (χ0v) is 14.6. The van der Waals surface area contributed by atoms with Gasteiger partial charge in [-0.3, -0.25) is 9.59 Å². The summed E-state index contributed by atoms with van der Waals surface area (Å²) in [5.74, 6) is -2.05. The first-order chi connectivity index (χ1) is 12.4. The number of hydrogen-bond donors (Lipinski definition) is 1. The van der Waals surface area contributed by atoms with E-state index in [1.54, 1.807) is 4.90 Å². The van der Waals surface area contributed by atoms with Gasteiger partial charge in [0.15, 0.2) is 0 Å². The van der Waals surface area contributed by atoms with Gasteiger partial charge in [-0.1, -0.05) is 0 Å². The largest absolute Gasteiger partial charge is 0.465 e. The third-order valence-electron chi connectivity index (χ3n) is 4.56. The Morgan fingerprint density at radius 3 is 2.12 bits per heavy atom. The van der Waals surface area contributed by atoms with Gasteiger partial charge < -0.3 is 19.7 Å². The molecule has 0 radical (unpaired) electrons. The third kappa shape index (κ3) is 3.68. The fourth-order valence-electron chi connectivity index (χ4n) is 3.06. The summed E-state index contributed by atoms with van der Waals surface area (Å²) < 4.78 is 9.34. The van der Waals surface area contributed by atoms with Gasteiger partial charge in [0, 0.05) is 24.7 Å². The van der Waals surface area contributed by atoms with Crippen molar-refractivity contribution in [2.75, 3.05) is 26.1 Å². The van der Waals surface area contributed by atoms with Crippen molar-refractivity contribution < 1.29 is 28.7 Å². The molecule has 8 heteroatoms. The summed E-state index contributed by atoms with van der Waals surface area (Å²) in [6.45, 7) is 0.399. The molecule has 2 amide bonds. The second-order valence-corrected chi connectivity index (χ2v) is 6.45. The molecular formula is C18H20N2O6. The van der Waals surface area contributed by atoms with Crippen LogP contribution in [-0.4, -0.2) is 55.5 Å². The number of hydrogen-bond acceptors (Lipinski definition) is 6. The predicted molar refractivity (Wildman–Crippen MR) is 90.6 cm³/mol. The van der Waals surface area contributed by atoms with E-state index in [9.17, 15) is 19.2 Å². The zero-order chi connectivity index (χ0) is 18.8. The van der Waals surface area contributed by atoms with Crippen molar-refractivity contribution in [2.24, 2.45) is 5.92 Å². The quantitative estimate of drug-likeness (QED) is 0.792. The smallest absolute Gasteiger partial charge is 0.337 e. The number of ether oxygens (including phenoxy) is 2. The Kier molecular flexibility index (Phi) is 4.92. The number of carbonyl (C=O) groups is 4. The molecule has 3 rings (SSSR count). The third-order valence-corrected chi connectivity index (χ3v) is 4.56. The highest BCUT2D eigenvalue weighted by Gasteiger charge is 2.41. The second-order valence-electron chi connectivity index (χ2n) is 6.45. The van der Waals surface area contributed by atoms with E-state index in [0.717, 1.165) is 12.8 Å². The van der Waals surface area contributed by atoms with Crippen LogP contribution < -0.4 is 5.32 Å². The number of amides is 2. The van der Waals surface area contributed by atoms with Crippen molar-refractivity contribution in [1.82, 2.24) is 4.90 Å². The summed E-state index contributed by atoms with van der Waals surface area (Å²) in [5, 5.41) is 2.69.